The van der Waals surface area contributed by atoms with Crippen molar-refractivity contribution in [1.82, 2.24) is 9.80 Å². The second kappa shape index (κ2) is 8.37. The van der Waals surface area contributed by atoms with Crippen LogP contribution in [0.5, 0.6) is 0 Å². The minimum absolute atomic E-state index is 0.214. The Labute approximate surface area is 175 Å². The van der Waals surface area contributed by atoms with E-state index in [4.69, 9.17) is 0 Å². The van der Waals surface area contributed by atoms with Gasteiger partial charge in [-0.15, -0.1) is 0 Å². The van der Waals surface area contributed by atoms with Crippen LogP contribution in [0.3, 0.4) is 0 Å². The summed E-state index contributed by atoms with van der Waals surface area (Å²) < 4.78 is 61.5. The molecule has 2 saturated heterocycles. The van der Waals surface area contributed by atoms with Gasteiger partial charge in [-0.3, -0.25) is 9.69 Å². The molecule has 2 aliphatic rings. The molecule has 168 valence electrons. The number of anilines is 1. The number of rotatable bonds is 6. The lowest BCUT2D eigenvalue weighted by atomic mass is 10.1. The van der Waals surface area contributed by atoms with Crippen molar-refractivity contribution in [3.05, 3.63) is 29.8 Å². The van der Waals surface area contributed by atoms with Crippen LogP contribution in [0.1, 0.15) is 32.3 Å². The van der Waals surface area contributed by atoms with Crippen LogP contribution in [0.25, 0.3) is 0 Å². The number of hydrogen-bond acceptors (Lipinski definition) is 5. The Balaban J connectivity index is 1.42. The number of piperazine rings is 1. The summed E-state index contributed by atoms with van der Waals surface area (Å²) in [5.41, 5.74) is -0.0510. The third-order valence-electron chi connectivity index (χ3n) is 5.97. The highest BCUT2D eigenvalue weighted by molar-refractivity contribution is 7.94. The Morgan fingerprint density at radius 1 is 1.03 bits per heavy atom. The van der Waals surface area contributed by atoms with E-state index in [0.29, 0.717) is 31.7 Å². The number of carbonyl (C=O) groups is 1. The first-order chi connectivity index (χ1) is 13.9. The van der Waals surface area contributed by atoms with Crippen LogP contribution >= 0.6 is 0 Å². The lowest BCUT2D eigenvalue weighted by molar-refractivity contribution is -0.137. The van der Waals surface area contributed by atoms with Gasteiger partial charge >= 0.3 is 6.18 Å². The van der Waals surface area contributed by atoms with Gasteiger partial charge < -0.3 is 9.80 Å². The van der Waals surface area contributed by atoms with E-state index in [9.17, 15) is 26.4 Å². The van der Waals surface area contributed by atoms with E-state index in [1.165, 1.54) is 30.9 Å². The number of carbonyl (C=O) groups excluding carboxylic acids is 1. The smallest absolute Gasteiger partial charge is 0.369 e. The maximum atomic E-state index is 12.9. The van der Waals surface area contributed by atoms with Crippen LogP contribution in [0, 0.1) is 0 Å². The van der Waals surface area contributed by atoms with Crippen molar-refractivity contribution in [3.8, 4) is 0 Å². The van der Waals surface area contributed by atoms with Crippen LogP contribution in [0.15, 0.2) is 24.3 Å². The monoisotopic (exact) mass is 447 g/mol. The highest BCUT2D eigenvalue weighted by atomic mass is 32.2. The normalized spacial score (nSPS) is 22.0. The highest BCUT2D eigenvalue weighted by Crippen LogP contribution is 2.32. The summed E-state index contributed by atoms with van der Waals surface area (Å²) >= 11 is 0. The number of amides is 1. The van der Waals surface area contributed by atoms with Gasteiger partial charge in [-0.05, 0) is 51.4 Å². The Kier molecular flexibility index (Phi) is 6.38. The van der Waals surface area contributed by atoms with Crippen LogP contribution < -0.4 is 4.90 Å². The molecule has 30 heavy (non-hydrogen) atoms. The van der Waals surface area contributed by atoms with Crippen molar-refractivity contribution in [2.24, 2.45) is 0 Å². The van der Waals surface area contributed by atoms with Gasteiger partial charge in [0, 0.05) is 38.4 Å². The summed E-state index contributed by atoms with van der Waals surface area (Å²) in [7, 11) is -3.44. The van der Waals surface area contributed by atoms with E-state index in [1.807, 2.05) is 4.90 Å². The van der Waals surface area contributed by atoms with E-state index < -0.39 is 26.3 Å². The van der Waals surface area contributed by atoms with E-state index in [1.54, 1.807) is 6.07 Å². The molecule has 2 aliphatic heterocycles. The molecule has 0 radical (unpaired) electrons. The second-order valence-electron chi connectivity index (χ2n) is 8.41. The van der Waals surface area contributed by atoms with Crippen molar-refractivity contribution in [1.29, 1.82) is 0 Å². The van der Waals surface area contributed by atoms with Gasteiger partial charge in [0.2, 0.25) is 5.91 Å². The van der Waals surface area contributed by atoms with E-state index in [2.05, 4.69) is 4.90 Å². The number of hydrogen-bond donors (Lipinski definition) is 0. The third kappa shape index (κ3) is 4.74. The Morgan fingerprint density at radius 2 is 1.67 bits per heavy atom. The number of halogens is 3. The summed E-state index contributed by atoms with van der Waals surface area (Å²) in [6, 6.07) is 5.41. The molecule has 0 aromatic heterocycles. The standard InChI is InChI=1S/C20H28F3N3O3S/c1-19(2)18(27)26(15-30(19,28)29)9-4-3-8-24-10-12-25(13-11-24)17-7-5-6-16(14-17)20(21,22)23/h5-7,14H,3-4,8-13,15H2,1-2H3. The molecular formula is C20H28F3N3O3S. The molecule has 10 heteroatoms. The zero-order valence-electron chi connectivity index (χ0n) is 17.3. The number of unbranched alkanes of at least 4 members (excludes halogenated alkanes) is 1. The zero-order valence-corrected chi connectivity index (χ0v) is 18.1. The highest BCUT2D eigenvalue weighted by Gasteiger charge is 2.51. The van der Waals surface area contributed by atoms with Crippen molar-refractivity contribution in [2.45, 2.75) is 37.6 Å². The average Bonchev–Trinajstić information content (AvgIpc) is 2.84. The topological polar surface area (TPSA) is 60.9 Å². The summed E-state index contributed by atoms with van der Waals surface area (Å²) in [6.45, 7) is 6.95. The lowest BCUT2D eigenvalue weighted by Gasteiger charge is -2.36. The summed E-state index contributed by atoms with van der Waals surface area (Å²) in [6.07, 6.45) is -2.80. The first-order valence-corrected chi connectivity index (χ1v) is 11.7. The predicted molar refractivity (Wildman–Crippen MR) is 109 cm³/mol. The minimum atomic E-state index is -4.34. The maximum absolute atomic E-state index is 12.9. The van der Waals surface area contributed by atoms with Gasteiger partial charge in [0.15, 0.2) is 9.84 Å². The maximum Gasteiger partial charge on any atom is 0.416 e. The Hall–Kier alpha value is -1.81. The van der Waals surface area contributed by atoms with E-state index in [0.717, 1.165) is 32.1 Å². The van der Waals surface area contributed by atoms with Crippen molar-refractivity contribution in [3.63, 3.8) is 0 Å². The molecule has 0 spiro atoms. The number of nitrogens with zero attached hydrogens (tertiary/aromatic N) is 3. The van der Waals surface area contributed by atoms with Crippen molar-refractivity contribution in [2.75, 3.05) is 50.0 Å². The molecule has 0 atom stereocenters. The molecule has 2 heterocycles. The van der Waals surface area contributed by atoms with Crippen LogP contribution in [0.2, 0.25) is 0 Å². The molecular weight excluding hydrogens is 419 g/mol. The number of alkyl halides is 3. The van der Waals surface area contributed by atoms with Crippen molar-refractivity contribution >= 4 is 21.4 Å². The first kappa shape index (κ1) is 22.9. The van der Waals surface area contributed by atoms with Gasteiger partial charge in [0.05, 0.1) is 5.56 Å². The molecule has 3 rings (SSSR count). The first-order valence-electron chi connectivity index (χ1n) is 10.1. The minimum Gasteiger partial charge on any atom is -0.369 e. The molecule has 6 nitrogen and oxygen atoms in total. The fourth-order valence-electron chi connectivity index (χ4n) is 3.85. The molecule has 0 N–H and O–H groups in total. The molecule has 0 aliphatic carbocycles. The summed E-state index contributed by atoms with van der Waals surface area (Å²) in [4.78, 5) is 17.9. The predicted octanol–water partition coefficient (Wildman–Crippen LogP) is 2.60. The number of sulfone groups is 1. The lowest BCUT2D eigenvalue weighted by Crippen LogP contribution is -2.46. The zero-order chi connectivity index (χ0) is 22.2. The molecule has 2 fully saturated rings. The molecule has 0 unspecified atom stereocenters. The van der Waals surface area contributed by atoms with Crippen molar-refractivity contribution < 1.29 is 26.4 Å². The molecule has 1 aromatic carbocycles. The molecule has 1 amide bonds. The second-order valence-corrected chi connectivity index (χ2v) is 10.9. The third-order valence-corrected chi connectivity index (χ3v) is 8.35. The van der Waals surface area contributed by atoms with Gasteiger partial charge in [0.1, 0.15) is 10.6 Å². The largest absolute Gasteiger partial charge is 0.416 e. The molecule has 0 saturated carbocycles. The number of benzene rings is 1. The van der Waals surface area contributed by atoms with Gasteiger partial charge in [-0.25, -0.2) is 8.42 Å². The summed E-state index contributed by atoms with van der Waals surface area (Å²) in [5.74, 6) is -0.550. The molecule has 0 bridgehead atoms. The van der Waals surface area contributed by atoms with Gasteiger partial charge in [-0.2, -0.15) is 13.2 Å². The van der Waals surface area contributed by atoms with Crippen LogP contribution in [-0.4, -0.2) is 74.0 Å². The fraction of sp³-hybridized carbons (Fsp3) is 0.650. The van der Waals surface area contributed by atoms with Crippen LogP contribution in [0.4, 0.5) is 18.9 Å². The fourth-order valence-corrected chi connectivity index (χ4v) is 5.23. The molecule has 1 aromatic rings. The Bertz CT molecular complexity index is 879. The summed E-state index contributed by atoms with van der Waals surface area (Å²) in [5, 5.41) is 0. The van der Waals surface area contributed by atoms with E-state index in [-0.39, 0.29) is 11.8 Å². The van der Waals surface area contributed by atoms with Gasteiger partial charge in [0.25, 0.3) is 0 Å². The average molecular weight is 448 g/mol. The SMILES string of the molecule is CC1(C)C(=O)N(CCCCN2CCN(c3cccc(C(F)(F)F)c3)CC2)CS1(=O)=O. The van der Waals surface area contributed by atoms with Crippen LogP contribution in [-0.2, 0) is 20.8 Å². The van der Waals surface area contributed by atoms with Gasteiger partial charge in [-0.1, -0.05) is 6.07 Å². The quantitative estimate of drug-likeness (QED) is 0.628. The van der Waals surface area contributed by atoms with E-state index >= 15 is 0 Å². The Morgan fingerprint density at radius 3 is 2.23 bits per heavy atom.